The van der Waals surface area contributed by atoms with Crippen LogP contribution in [0.15, 0.2) is 47.4 Å². The van der Waals surface area contributed by atoms with E-state index in [1.165, 1.54) is 46.8 Å². The molecule has 0 aliphatic carbocycles. The summed E-state index contributed by atoms with van der Waals surface area (Å²) in [7, 11) is -3.74. The lowest BCUT2D eigenvalue weighted by Gasteiger charge is -2.17. The van der Waals surface area contributed by atoms with Gasteiger partial charge in [0.05, 0.1) is 5.02 Å². The molecule has 9 heteroatoms. The van der Waals surface area contributed by atoms with Crippen molar-refractivity contribution in [1.29, 1.82) is 0 Å². The van der Waals surface area contributed by atoms with Crippen LogP contribution in [0.1, 0.15) is 33.6 Å². The lowest BCUT2D eigenvalue weighted by molar-refractivity contribution is 0.0998. The Balaban J connectivity index is 1.84. The normalized spacial score (nSPS) is 14.9. The zero-order valence-electron chi connectivity index (χ0n) is 14.3. The number of hydrogen-bond acceptors (Lipinski definition) is 4. The first kappa shape index (κ1) is 19.3. The number of nitrogens with two attached hydrogens (primary N) is 1. The van der Waals surface area contributed by atoms with E-state index in [1.807, 2.05) is 0 Å². The zero-order valence-corrected chi connectivity index (χ0v) is 15.9. The maximum Gasteiger partial charge on any atom is 0.255 e. The quantitative estimate of drug-likeness (QED) is 0.793. The SMILES string of the molecule is NC(=O)c1ccc(NC(=O)c2ccc(Cl)c(S(=O)(=O)N3CCCC3)c2)cc1. The molecule has 2 aromatic rings. The molecule has 1 heterocycles. The van der Waals surface area contributed by atoms with Crippen LogP contribution in [-0.2, 0) is 10.0 Å². The molecule has 1 aliphatic rings. The number of nitrogens with one attached hydrogen (secondary N) is 1. The first-order valence-electron chi connectivity index (χ1n) is 8.30. The van der Waals surface area contributed by atoms with E-state index >= 15 is 0 Å². The molecule has 0 atom stereocenters. The van der Waals surface area contributed by atoms with E-state index < -0.39 is 21.8 Å². The van der Waals surface area contributed by atoms with Crippen LogP contribution in [0.5, 0.6) is 0 Å². The molecule has 2 aromatic carbocycles. The van der Waals surface area contributed by atoms with Crippen molar-refractivity contribution in [1.82, 2.24) is 4.31 Å². The van der Waals surface area contributed by atoms with Crippen molar-refractivity contribution in [3.63, 3.8) is 0 Å². The summed E-state index contributed by atoms with van der Waals surface area (Å²) in [6, 6.07) is 10.2. The molecule has 0 spiro atoms. The number of carbonyl (C=O) groups excluding carboxylic acids is 2. The molecule has 2 amide bonds. The fourth-order valence-corrected chi connectivity index (χ4v) is 4.85. The van der Waals surface area contributed by atoms with Gasteiger partial charge in [0, 0.05) is 29.9 Å². The van der Waals surface area contributed by atoms with Gasteiger partial charge in [0.1, 0.15) is 4.90 Å². The van der Waals surface area contributed by atoms with E-state index in [2.05, 4.69) is 5.32 Å². The maximum atomic E-state index is 12.8. The van der Waals surface area contributed by atoms with Crippen molar-refractivity contribution in [2.75, 3.05) is 18.4 Å². The molecular weight excluding hydrogens is 390 g/mol. The minimum Gasteiger partial charge on any atom is -0.366 e. The third-order valence-corrected chi connectivity index (χ3v) is 6.68. The van der Waals surface area contributed by atoms with E-state index in [0.717, 1.165) is 12.8 Å². The Morgan fingerprint density at radius 1 is 1.00 bits per heavy atom. The molecule has 1 saturated heterocycles. The Kier molecular flexibility index (Phi) is 5.50. The molecule has 0 saturated carbocycles. The number of sulfonamides is 1. The van der Waals surface area contributed by atoms with Crippen molar-refractivity contribution in [3.05, 3.63) is 58.6 Å². The summed E-state index contributed by atoms with van der Waals surface area (Å²) in [5.41, 5.74) is 6.11. The predicted octanol–water partition coefficient (Wildman–Crippen LogP) is 2.48. The van der Waals surface area contributed by atoms with Gasteiger partial charge in [-0.05, 0) is 55.3 Å². The first-order chi connectivity index (χ1) is 12.8. The Hall–Kier alpha value is -2.42. The van der Waals surface area contributed by atoms with E-state index in [-0.39, 0.29) is 15.5 Å². The van der Waals surface area contributed by atoms with Crippen molar-refractivity contribution >= 4 is 39.1 Å². The number of hydrogen-bond donors (Lipinski definition) is 2. The highest BCUT2D eigenvalue weighted by molar-refractivity contribution is 7.89. The summed E-state index contributed by atoms with van der Waals surface area (Å²) in [4.78, 5) is 23.5. The molecule has 0 bridgehead atoms. The molecule has 142 valence electrons. The summed E-state index contributed by atoms with van der Waals surface area (Å²) >= 11 is 6.09. The molecule has 3 N–H and O–H groups in total. The number of halogens is 1. The predicted molar refractivity (Wildman–Crippen MR) is 102 cm³/mol. The Morgan fingerprint density at radius 2 is 1.59 bits per heavy atom. The number of carbonyl (C=O) groups is 2. The molecule has 3 rings (SSSR count). The molecular formula is C18H18ClN3O4S. The van der Waals surface area contributed by atoms with Crippen molar-refractivity contribution < 1.29 is 18.0 Å². The van der Waals surface area contributed by atoms with E-state index in [9.17, 15) is 18.0 Å². The van der Waals surface area contributed by atoms with E-state index in [1.54, 1.807) is 0 Å². The number of primary amides is 1. The third kappa shape index (κ3) is 4.13. The highest BCUT2D eigenvalue weighted by Crippen LogP contribution is 2.28. The van der Waals surface area contributed by atoms with Crippen LogP contribution in [0, 0.1) is 0 Å². The largest absolute Gasteiger partial charge is 0.366 e. The van der Waals surface area contributed by atoms with Gasteiger partial charge in [0.15, 0.2) is 0 Å². The highest BCUT2D eigenvalue weighted by Gasteiger charge is 2.29. The third-order valence-electron chi connectivity index (χ3n) is 4.30. The molecule has 0 aromatic heterocycles. The lowest BCUT2D eigenvalue weighted by Crippen LogP contribution is -2.28. The van der Waals surface area contributed by atoms with Crippen molar-refractivity contribution in [2.45, 2.75) is 17.7 Å². The van der Waals surface area contributed by atoms with Gasteiger partial charge in [0.25, 0.3) is 5.91 Å². The summed E-state index contributed by atoms with van der Waals surface area (Å²) < 4.78 is 26.9. The fourth-order valence-electron chi connectivity index (χ4n) is 2.83. The second-order valence-corrected chi connectivity index (χ2v) is 8.47. The highest BCUT2D eigenvalue weighted by atomic mass is 35.5. The lowest BCUT2D eigenvalue weighted by atomic mass is 10.1. The van der Waals surface area contributed by atoms with E-state index in [4.69, 9.17) is 17.3 Å². The first-order valence-corrected chi connectivity index (χ1v) is 10.1. The Labute approximate surface area is 162 Å². The summed E-state index contributed by atoms with van der Waals surface area (Å²) in [6.07, 6.45) is 1.61. The summed E-state index contributed by atoms with van der Waals surface area (Å²) in [5.74, 6) is -1.06. The zero-order chi connectivity index (χ0) is 19.6. The average molecular weight is 408 g/mol. The number of benzene rings is 2. The Morgan fingerprint density at radius 3 is 2.19 bits per heavy atom. The second kappa shape index (κ2) is 7.67. The van der Waals surface area contributed by atoms with Gasteiger partial charge in [-0.15, -0.1) is 0 Å². The van der Waals surface area contributed by atoms with Gasteiger partial charge in [0.2, 0.25) is 15.9 Å². The van der Waals surface area contributed by atoms with Gasteiger partial charge in [-0.25, -0.2) is 8.42 Å². The van der Waals surface area contributed by atoms with Gasteiger partial charge < -0.3 is 11.1 Å². The molecule has 1 fully saturated rings. The second-order valence-electron chi connectivity index (χ2n) is 6.15. The standard InChI is InChI=1S/C18H18ClN3O4S/c19-15-8-5-13(11-16(15)27(25,26)22-9-1-2-10-22)18(24)21-14-6-3-12(4-7-14)17(20)23/h3-8,11H,1-2,9-10H2,(H2,20,23)(H,21,24). The van der Waals surface area contributed by atoms with Crippen LogP contribution < -0.4 is 11.1 Å². The van der Waals surface area contributed by atoms with Gasteiger partial charge in [-0.1, -0.05) is 11.6 Å². The van der Waals surface area contributed by atoms with Crippen LogP contribution in [0.4, 0.5) is 5.69 Å². The van der Waals surface area contributed by atoms with Crippen LogP contribution >= 0.6 is 11.6 Å². The van der Waals surface area contributed by atoms with Crippen molar-refractivity contribution in [2.24, 2.45) is 5.73 Å². The fraction of sp³-hybridized carbons (Fsp3) is 0.222. The minimum absolute atomic E-state index is 0.0734. The minimum atomic E-state index is -3.74. The van der Waals surface area contributed by atoms with Crippen molar-refractivity contribution in [3.8, 4) is 0 Å². The number of rotatable bonds is 5. The molecule has 1 aliphatic heterocycles. The number of amides is 2. The molecule has 0 radical (unpaired) electrons. The Bertz CT molecular complexity index is 984. The molecule has 7 nitrogen and oxygen atoms in total. The van der Waals surface area contributed by atoms with Gasteiger partial charge in [-0.2, -0.15) is 4.31 Å². The van der Waals surface area contributed by atoms with Gasteiger partial charge >= 0.3 is 0 Å². The van der Waals surface area contributed by atoms with Crippen LogP contribution in [0.3, 0.4) is 0 Å². The smallest absolute Gasteiger partial charge is 0.255 e. The number of nitrogens with zero attached hydrogens (tertiary/aromatic N) is 1. The van der Waals surface area contributed by atoms with Crippen LogP contribution in [-0.4, -0.2) is 37.6 Å². The summed E-state index contributed by atoms with van der Waals surface area (Å²) in [5, 5.41) is 2.72. The number of anilines is 1. The van der Waals surface area contributed by atoms with Crippen LogP contribution in [0.25, 0.3) is 0 Å². The molecule has 27 heavy (non-hydrogen) atoms. The van der Waals surface area contributed by atoms with Crippen LogP contribution in [0.2, 0.25) is 5.02 Å². The monoisotopic (exact) mass is 407 g/mol. The van der Waals surface area contributed by atoms with Gasteiger partial charge in [-0.3, -0.25) is 9.59 Å². The summed E-state index contributed by atoms with van der Waals surface area (Å²) in [6.45, 7) is 0.891. The topological polar surface area (TPSA) is 110 Å². The average Bonchev–Trinajstić information content (AvgIpc) is 3.18. The van der Waals surface area contributed by atoms with E-state index in [0.29, 0.717) is 24.3 Å². The maximum absolute atomic E-state index is 12.8. The molecule has 0 unspecified atom stereocenters.